The number of hydrazone groups is 1. The first kappa shape index (κ1) is 18.3. The van der Waals surface area contributed by atoms with Gasteiger partial charge in [-0.3, -0.25) is 14.7 Å². The summed E-state index contributed by atoms with van der Waals surface area (Å²) in [6, 6.07) is 16.2. The molecule has 1 heterocycles. The van der Waals surface area contributed by atoms with Crippen LogP contribution in [0.3, 0.4) is 0 Å². The minimum Gasteiger partial charge on any atom is -0.343 e. The number of halogens is 1. The molecule has 0 radical (unpaired) electrons. The lowest BCUT2D eigenvalue weighted by molar-refractivity contribution is -0.120. The highest BCUT2D eigenvalue weighted by molar-refractivity contribution is 6.33. The summed E-state index contributed by atoms with van der Waals surface area (Å²) in [4.78, 5) is 23.9. The topological polar surface area (TPSA) is 99.2 Å². The molecule has 0 bridgehead atoms. The monoisotopic (exact) mass is 381 g/mol. The van der Waals surface area contributed by atoms with Crippen molar-refractivity contribution in [2.45, 2.75) is 0 Å². The Morgan fingerprint density at radius 2 is 1.85 bits per heavy atom. The average molecular weight is 382 g/mol. The number of H-pyrrole nitrogens is 1. The van der Waals surface area contributed by atoms with Gasteiger partial charge in [0.15, 0.2) is 0 Å². The predicted octanol–water partition coefficient (Wildman–Crippen LogP) is 2.61. The fraction of sp³-hybridized carbons (Fsp3) is 0.0526. The minimum atomic E-state index is -0.462. The maximum absolute atomic E-state index is 12.0. The number of carbonyl (C=O) groups excluding carboxylic acids is 2. The van der Waals surface area contributed by atoms with Gasteiger partial charge in [0.05, 0.1) is 35.2 Å². The zero-order valence-corrected chi connectivity index (χ0v) is 14.9. The van der Waals surface area contributed by atoms with Crippen LogP contribution < -0.4 is 10.7 Å². The molecular weight excluding hydrogens is 366 g/mol. The maximum atomic E-state index is 12.0. The van der Waals surface area contributed by atoms with Crippen LogP contribution in [0.1, 0.15) is 15.9 Å². The van der Waals surface area contributed by atoms with Gasteiger partial charge in [-0.05, 0) is 12.1 Å². The normalized spacial score (nSPS) is 10.7. The van der Waals surface area contributed by atoms with Gasteiger partial charge in [-0.15, -0.1) is 0 Å². The molecule has 3 N–H and O–H groups in total. The van der Waals surface area contributed by atoms with Gasteiger partial charge in [0, 0.05) is 11.1 Å². The summed E-state index contributed by atoms with van der Waals surface area (Å²) >= 11 is 5.95. The summed E-state index contributed by atoms with van der Waals surface area (Å²) in [6.07, 6.45) is 3.09. The number of aromatic nitrogens is 2. The molecule has 3 rings (SSSR count). The summed E-state index contributed by atoms with van der Waals surface area (Å²) in [6.45, 7) is -0.224. The Morgan fingerprint density at radius 1 is 1.11 bits per heavy atom. The Morgan fingerprint density at radius 3 is 2.63 bits per heavy atom. The molecule has 0 saturated heterocycles. The van der Waals surface area contributed by atoms with Gasteiger partial charge in [0.25, 0.3) is 11.8 Å². The van der Waals surface area contributed by atoms with Gasteiger partial charge in [-0.25, -0.2) is 5.43 Å². The number of nitrogens with zero attached hydrogens (tertiary/aromatic N) is 2. The van der Waals surface area contributed by atoms with Gasteiger partial charge >= 0.3 is 0 Å². The second-order valence-electron chi connectivity index (χ2n) is 5.52. The number of rotatable bonds is 6. The van der Waals surface area contributed by atoms with E-state index < -0.39 is 11.8 Å². The SMILES string of the molecule is O=C(CNC(=O)c1ccccc1Cl)N/N=C/c1cn[nH]c1-c1ccccc1. The van der Waals surface area contributed by atoms with Crippen LogP contribution in [0.4, 0.5) is 0 Å². The summed E-state index contributed by atoms with van der Waals surface area (Å²) in [7, 11) is 0. The van der Waals surface area contributed by atoms with Crippen LogP contribution in [0.5, 0.6) is 0 Å². The van der Waals surface area contributed by atoms with E-state index in [4.69, 9.17) is 11.6 Å². The highest BCUT2D eigenvalue weighted by Gasteiger charge is 2.10. The van der Waals surface area contributed by atoms with Gasteiger partial charge in [0.2, 0.25) is 0 Å². The predicted molar refractivity (Wildman–Crippen MR) is 104 cm³/mol. The summed E-state index contributed by atoms with van der Waals surface area (Å²) in [5.41, 5.74) is 5.14. The van der Waals surface area contributed by atoms with Crippen molar-refractivity contribution in [1.82, 2.24) is 20.9 Å². The lowest BCUT2D eigenvalue weighted by Gasteiger charge is -2.05. The third-order valence-corrected chi connectivity index (χ3v) is 3.98. The van der Waals surface area contributed by atoms with Crippen molar-refractivity contribution in [3.63, 3.8) is 0 Å². The molecule has 0 fully saturated rings. The van der Waals surface area contributed by atoms with Gasteiger partial charge in [-0.2, -0.15) is 10.2 Å². The Bertz CT molecular complexity index is 969. The summed E-state index contributed by atoms with van der Waals surface area (Å²) in [5, 5.41) is 13.6. The second kappa shape index (κ2) is 8.77. The smallest absolute Gasteiger partial charge is 0.259 e. The first-order valence-corrected chi connectivity index (χ1v) is 8.46. The first-order valence-electron chi connectivity index (χ1n) is 8.08. The van der Waals surface area contributed by atoms with Crippen LogP contribution in [0.2, 0.25) is 5.02 Å². The maximum Gasteiger partial charge on any atom is 0.259 e. The van der Waals surface area contributed by atoms with Crippen LogP contribution in [-0.4, -0.2) is 34.8 Å². The number of carbonyl (C=O) groups is 2. The largest absolute Gasteiger partial charge is 0.343 e. The van der Waals surface area contributed by atoms with Gasteiger partial charge in [-0.1, -0.05) is 54.1 Å². The first-order chi connectivity index (χ1) is 13.1. The Labute approximate surface area is 160 Å². The van der Waals surface area contributed by atoms with E-state index in [1.807, 2.05) is 30.3 Å². The van der Waals surface area contributed by atoms with Crippen molar-refractivity contribution in [2.24, 2.45) is 5.10 Å². The summed E-state index contributed by atoms with van der Waals surface area (Å²) in [5.74, 6) is -0.891. The fourth-order valence-electron chi connectivity index (χ4n) is 2.34. The molecule has 3 aromatic rings. The highest BCUT2D eigenvalue weighted by Crippen LogP contribution is 2.19. The molecular formula is C19H16ClN5O2. The molecule has 2 amide bonds. The average Bonchev–Trinajstić information content (AvgIpc) is 3.16. The molecule has 1 aromatic heterocycles. The Kier molecular flexibility index (Phi) is 5.96. The van der Waals surface area contributed by atoms with E-state index in [2.05, 4.69) is 26.0 Å². The standard InChI is InChI=1S/C19H16ClN5O2/c20-16-9-5-4-8-15(16)19(27)21-12-17(26)24-22-10-14-11-23-25-18(14)13-6-2-1-3-7-13/h1-11H,12H2,(H,21,27)(H,23,25)(H,24,26)/b22-10+. The number of hydrogen-bond acceptors (Lipinski definition) is 4. The van der Waals surface area contributed by atoms with Crippen molar-refractivity contribution in [1.29, 1.82) is 0 Å². The molecule has 2 aromatic carbocycles. The molecule has 27 heavy (non-hydrogen) atoms. The molecule has 0 aliphatic heterocycles. The molecule has 8 heteroatoms. The number of amides is 2. The van der Waals surface area contributed by atoms with Crippen LogP contribution >= 0.6 is 11.6 Å². The van der Waals surface area contributed by atoms with Crippen molar-refractivity contribution < 1.29 is 9.59 Å². The van der Waals surface area contributed by atoms with E-state index in [0.717, 1.165) is 16.8 Å². The summed E-state index contributed by atoms with van der Waals surface area (Å²) < 4.78 is 0. The third-order valence-electron chi connectivity index (χ3n) is 3.65. The van der Waals surface area contributed by atoms with E-state index in [-0.39, 0.29) is 6.54 Å². The lowest BCUT2D eigenvalue weighted by Crippen LogP contribution is -2.35. The number of hydrogen-bond donors (Lipinski definition) is 3. The van der Waals surface area contributed by atoms with Crippen molar-refractivity contribution >= 4 is 29.6 Å². The molecule has 0 aliphatic rings. The molecule has 0 saturated carbocycles. The second-order valence-corrected chi connectivity index (χ2v) is 5.93. The zero-order valence-electron chi connectivity index (χ0n) is 14.1. The Balaban J connectivity index is 1.54. The fourth-order valence-corrected chi connectivity index (χ4v) is 2.57. The van der Waals surface area contributed by atoms with Crippen LogP contribution in [0.25, 0.3) is 11.3 Å². The van der Waals surface area contributed by atoms with Crippen molar-refractivity contribution in [2.75, 3.05) is 6.54 Å². The van der Waals surface area contributed by atoms with E-state index in [1.165, 1.54) is 6.21 Å². The quantitative estimate of drug-likeness (QED) is 0.452. The number of aromatic amines is 1. The van der Waals surface area contributed by atoms with Crippen LogP contribution in [0, 0.1) is 0 Å². The van der Waals surface area contributed by atoms with E-state index in [0.29, 0.717) is 10.6 Å². The van der Waals surface area contributed by atoms with E-state index >= 15 is 0 Å². The molecule has 136 valence electrons. The lowest BCUT2D eigenvalue weighted by atomic mass is 10.1. The molecule has 7 nitrogen and oxygen atoms in total. The molecule has 0 atom stereocenters. The zero-order chi connectivity index (χ0) is 19.1. The van der Waals surface area contributed by atoms with E-state index in [9.17, 15) is 9.59 Å². The Hall–Kier alpha value is -3.45. The van der Waals surface area contributed by atoms with Gasteiger partial charge in [0.1, 0.15) is 0 Å². The third kappa shape index (κ3) is 4.80. The molecule has 0 spiro atoms. The number of benzene rings is 2. The van der Waals surface area contributed by atoms with Crippen LogP contribution in [0.15, 0.2) is 65.9 Å². The highest BCUT2D eigenvalue weighted by atomic mass is 35.5. The minimum absolute atomic E-state index is 0.224. The van der Waals surface area contributed by atoms with E-state index in [1.54, 1.807) is 30.5 Å². The van der Waals surface area contributed by atoms with Crippen molar-refractivity contribution in [3.05, 3.63) is 76.9 Å². The number of nitrogens with one attached hydrogen (secondary N) is 3. The molecule has 0 aliphatic carbocycles. The van der Waals surface area contributed by atoms with Gasteiger partial charge < -0.3 is 5.32 Å². The van der Waals surface area contributed by atoms with Crippen LogP contribution in [-0.2, 0) is 4.79 Å². The molecule has 0 unspecified atom stereocenters. The van der Waals surface area contributed by atoms with Crippen molar-refractivity contribution in [3.8, 4) is 11.3 Å².